The fourth-order valence-corrected chi connectivity index (χ4v) is 1.52. The van der Waals surface area contributed by atoms with Gasteiger partial charge in [0, 0.05) is 7.05 Å². The van der Waals surface area contributed by atoms with Crippen molar-refractivity contribution in [2.75, 3.05) is 13.6 Å². The molecule has 5 nitrogen and oxygen atoms in total. The van der Waals surface area contributed by atoms with Crippen LogP contribution in [0, 0.1) is 0 Å². The Labute approximate surface area is 99.8 Å². The Kier molecular flexibility index (Phi) is 4.66. The van der Waals surface area contributed by atoms with E-state index in [1.165, 1.54) is 7.05 Å². The van der Waals surface area contributed by atoms with Crippen molar-refractivity contribution in [3.8, 4) is 0 Å². The van der Waals surface area contributed by atoms with E-state index in [4.69, 9.17) is 10.8 Å². The van der Waals surface area contributed by atoms with Crippen LogP contribution in [-0.4, -0.2) is 41.5 Å². The first kappa shape index (κ1) is 13.2. The molecule has 3 N–H and O–H groups in total. The maximum Gasteiger partial charge on any atom is 0.323 e. The van der Waals surface area contributed by atoms with Crippen LogP contribution >= 0.6 is 0 Å². The molecule has 1 aromatic carbocycles. The fraction of sp³-hybridized carbons (Fsp3) is 0.333. The number of nitrogens with zero attached hydrogens (tertiary/aromatic N) is 1. The summed E-state index contributed by atoms with van der Waals surface area (Å²) in [6.45, 7) is -0.332. The quantitative estimate of drug-likeness (QED) is 0.759. The van der Waals surface area contributed by atoms with Crippen LogP contribution in [0.5, 0.6) is 0 Å². The zero-order chi connectivity index (χ0) is 12.8. The van der Waals surface area contributed by atoms with Crippen molar-refractivity contribution in [3.05, 3.63) is 35.9 Å². The van der Waals surface area contributed by atoms with Crippen molar-refractivity contribution in [2.24, 2.45) is 5.73 Å². The number of carbonyl (C=O) groups is 2. The highest BCUT2D eigenvalue weighted by Gasteiger charge is 2.19. The molecule has 1 rings (SSSR count). The summed E-state index contributed by atoms with van der Waals surface area (Å²) < 4.78 is 0. The van der Waals surface area contributed by atoms with Crippen molar-refractivity contribution < 1.29 is 14.7 Å². The third-order valence-electron chi connectivity index (χ3n) is 2.36. The van der Waals surface area contributed by atoms with E-state index in [9.17, 15) is 9.59 Å². The van der Waals surface area contributed by atoms with Crippen molar-refractivity contribution >= 4 is 11.9 Å². The van der Waals surface area contributed by atoms with Crippen LogP contribution in [0.3, 0.4) is 0 Å². The molecule has 0 fully saturated rings. The average Bonchev–Trinajstić information content (AvgIpc) is 2.28. The standard InChI is InChI=1S/C12H16N2O3/c1-14(8-11(15)16)12(17)10(13)7-9-5-3-2-4-6-9/h2-6,10H,7-8,13H2,1H3,(H,15,16)/t10-/m1/s1. The number of hydrogen-bond acceptors (Lipinski definition) is 3. The summed E-state index contributed by atoms with van der Waals surface area (Å²) in [5, 5.41) is 8.57. The maximum atomic E-state index is 11.7. The van der Waals surface area contributed by atoms with E-state index in [0.29, 0.717) is 6.42 Å². The molecule has 0 spiro atoms. The molecule has 0 aliphatic heterocycles. The Morgan fingerprint density at radius 2 is 1.94 bits per heavy atom. The summed E-state index contributed by atoms with van der Waals surface area (Å²) in [7, 11) is 1.43. The van der Waals surface area contributed by atoms with Crippen LogP contribution in [0.1, 0.15) is 5.56 Å². The van der Waals surface area contributed by atoms with Crippen LogP contribution in [0.2, 0.25) is 0 Å². The van der Waals surface area contributed by atoms with Gasteiger partial charge >= 0.3 is 5.97 Å². The van der Waals surface area contributed by atoms with Gasteiger partial charge in [-0.25, -0.2) is 0 Å². The highest BCUT2D eigenvalue weighted by molar-refractivity contribution is 5.85. The molecule has 0 heterocycles. The first-order valence-electron chi connectivity index (χ1n) is 5.27. The number of aliphatic carboxylic acids is 1. The van der Waals surface area contributed by atoms with E-state index in [0.717, 1.165) is 10.5 Å². The summed E-state index contributed by atoms with van der Waals surface area (Å²) in [6, 6.07) is 8.67. The molecule has 0 bridgehead atoms. The number of benzene rings is 1. The van der Waals surface area contributed by atoms with E-state index in [-0.39, 0.29) is 12.5 Å². The Morgan fingerprint density at radius 1 is 1.35 bits per heavy atom. The lowest BCUT2D eigenvalue weighted by Gasteiger charge is -2.19. The SMILES string of the molecule is CN(CC(=O)O)C(=O)[C@H](N)Cc1ccccc1. The Hall–Kier alpha value is -1.88. The lowest BCUT2D eigenvalue weighted by atomic mass is 10.1. The molecule has 0 saturated carbocycles. The average molecular weight is 236 g/mol. The Balaban J connectivity index is 2.55. The molecule has 0 unspecified atom stereocenters. The normalized spacial score (nSPS) is 11.9. The first-order valence-corrected chi connectivity index (χ1v) is 5.27. The van der Waals surface area contributed by atoms with Gasteiger partial charge in [0.25, 0.3) is 0 Å². The number of amides is 1. The highest BCUT2D eigenvalue weighted by Crippen LogP contribution is 2.03. The number of nitrogens with two attached hydrogens (primary N) is 1. The third-order valence-corrected chi connectivity index (χ3v) is 2.36. The van der Waals surface area contributed by atoms with Gasteiger partial charge in [0.05, 0.1) is 6.04 Å². The number of carboxylic acid groups (broad SMARTS) is 1. The van der Waals surface area contributed by atoms with Gasteiger partial charge < -0.3 is 15.7 Å². The summed E-state index contributed by atoms with van der Waals surface area (Å²) in [5.74, 6) is -1.41. The number of hydrogen-bond donors (Lipinski definition) is 2. The summed E-state index contributed by atoms with van der Waals surface area (Å²) in [6.07, 6.45) is 0.406. The largest absolute Gasteiger partial charge is 0.480 e. The van der Waals surface area contributed by atoms with E-state index in [2.05, 4.69) is 0 Å². The van der Waals surface area contributed by atoms with Crippen molar-refractivity contribution in [1.29, 1.82) is 0 Å². The Morgan fingerprint density at radius 3 is 2.47 bits per heavy atom. The Bertz CT molecular complexity index is 392. The molecule has 1 amide bonds. The van der Waals surface area contributed by atoms with Gasteiger partial charge in [-0.15, -0.1) is 0 Å². The minimum atomic E-state index is -1.05. The lowest BCUT2D eigenvalue weighted by Crippen LogP contribution is -2.44. The summed E-state index contributed by atoms with van der Waals surface area (Å²) in [4.78, 5) is 23.3. The van der Waals surface area contributed by atoms with Gasteiger partial charge in [0.15, 0.2) is 0 Å². The minimum Gasteiger partial charge on any atom is -0.480 e. The van der Waals surface area contributed by atoms with Crippen LogP contribution < -0.4 is 5.73 Å². The van der Waals surface area contributed by atoms with E-state index in [1.807, 2.05) is 30.3 Å². The maximum absolute atomic E-state index is 11.7. The van der Waals surface area contributed by atoms with E-state index >= 15 is 0 Å². The molecule has 1 aromatic rings. The third kappa shape index (κ3) is 4.24. The second-order valence-corrected chi connectivity index (χ2v) is 3.88. The molecule has 0 saturated heterocycles. The van der Waals surface area contributed by atoms with E-state index in [1.54, 1.807) is 0 Å². The van der Waals surface area contributed by atoms with Crippen molar-refractivity contribution in [3.63, 3.8) is 0 Å². The molecule has 17 heavy (non-hydrogen) atoms. The van der Waals surface area contributed by atoms with E-state index < -0.39 is 12.0 Å². The molecule has 92 valence electrons. The minimum absolute atomic E-state index is 0.332. The van der Waals surface area contributed by atoms with Crippen LogP contribution in [-0.2, 0) is 16.0 Å². The van der Waals surface area contributed by atoms with Gasteiger partial charge in [-0.3, -0.25) is 9.59 Å². The molecular weight excluding hydrogens is 220 g/mol. The number of carbonyl (C=O) groups excluding carboxylic acids is 1. The molecule has 5 heteroatoms. The predicted molar refractivity (Wildman–Crippen MR) is 63.4 cm³/mol. The van der Waals surface area contributed by atoms with Crippen molar-refractivity contribution in [1.82, 2.24) is 4.90 Å². The molecule has 0 aliphatic carbocycles. The second-order valence-electron chi connectivity index (χ2n) is 3.88. The highest BCUT2D eigenvalue weighted by atomic mass is 16.4. The van der Waals surface area contributed by atoms with Crippen LogP contribution in [0.4, 0.5) is 0 Å². The smallest absolute Gasteiger partial charge is 0.323 e. The number of rotatable bonds is 5. The predicted octanol–water partition coefficient (Wildman–Crippen LogP) is 0.0994. The molecule has 1 atom stereocenters. The first-order chi connectivity index (χ1) is 8.00. The monoisotopic (exact) mass is 236 g/mol. The van der Waals surface area contributed by atoms with Crippen LogP contribution in [0.25, 0.3) is 0 Å². The molecule has 0 aliphatic rings. The molecule has 0 aromatic heterocycles. The topological polar surface area (TPSA) is 83.6 Å². The van der Waals surface area contributed by atoms with Gasteiger partial charge in [-0.1, -0.05) is 30.3 Å². The molecular formula is C12H16N2O3. The fourth-order valence-electron chi connectivity index (χ4n) is 1.52. The molecule has 0 radical (unpaired) electrons. The second kappa shape index (κ2) is 6.00. The zero-order valence-corrected chi connectivity index (χ0v) is 9.67. The van der Waals surface area contributed by atoms with Gasteiger partial charge in [0.1, 0.15) is 6.54 Å². The summed E-state index contributed by atoms with van der Waals surface area (Å²) >= 11 is 0. The van der Waals surface area contributed by atoms with Gasteiger partial charge in [0.2, 0.25) is 5.91 Å². The van der Waals surface area contributed by atoms with Gasteiger partial charge in [-0.05, 0) is 12.0 Å². The van der Waals surface area contributed by atoms with Crippen molar-refractivity contribution in [2.45, 2.75) is 12.5 Å². The zero-order valence-electron chi connectivity index (χ0n) is 9.67. The number of carboxylic acids is 1. The summed E-state index contributed by atoms with van der Waals surface area (Å²) in [5.41, 5.74) is 6.70. The lowest BCUT2D eigenvalue weighted by molar-refractivity contribution is -0.143. The van der Waals surface area contributed by atoms with Crippen LogP contribution in [0.15, 0.2) is 30.3 Å². The number of likely N-dealkylation sites (N-methyl/N-ethyl adjacent to an activating group) is 1. The van der Waals surface area contributed by atoms with Gasteiger partial charge in [-0.2, -0.15) is 0 Å².